The van der Waals surface area contributed by atoms with E-state index in [-0.39, 0.29) is 56.2 Å². The number of benzene rings is 2. The van der Waals surface area contributed by atoms with Crippen molar-refractivity contribution in [3.8, 4) is 0 Å². The Kier molecular flexibility index (Phi) is 11.1. The number of esters is 2. The van der Waals surface area contributed by atoms with Crippen LogP contribution in [-0.2, 0) is 39.8 Å². The third-order valence-corrected chi connectivity index (χ3v) is 12.2. The highest BCUT2D eigenvalue weighted by Gasteiger charge is 2.45. The fraction of sp³-hybridized carbons (Fsp3) is 0.444. The third-order valence-electron chi connectivity index (χ3n) is 10.2. The van der Waals surface area contributed by atoms with Crippen molar-refractivity contribution in [2.24, 2.45) is 11.8 Å². The molecule has 1 saturated heterocycles. The standard InChI is InChI=1S/C36H39Cl2N3O7S/c1-47-35(44)32-28(19-30(43)41-13-11-40(12-14-41)23-15-21-17-24(42)18-22(21)16-23)39-29(20-49(46)25-7-4-3-5-8-25)33(36(45)48-2)34(32)31-26(37)9-6-10-27(31)38/h3-10,21-23,34,39H,11-20H2,1-2H3/t21?,22?,23?,34-,49-/m0/s1. The van der Waals surface area contributed by atoms with Crippen LogP contribution in [0.4, 0.5) is 0 Å². The van der Waals surface area contributed by atoms with Crippen molar-refractivity contribution in [2.75, 3.05) is 46.2 Å². The summed E-state index contributed by atoms with van der Waals surface area (Å²) in [7, 11) is 2.43. The lowest BCUT2D eigenvalue weighted by Crippen LogP contribution is -2.52. The van der Waals surface area contributed by atoms with Crippen LogP contribution in [0.25, 0.3) is 0 Å². The monoisotopic (exact) mass is 727 g/mol. The van der Waals surface area contributed by atoms with E-state index in [0.29, 0.717) is 67.6 Å². The number of rotatable bonds is 9. The molecule has 0 radical (unpaired) electrons. The van der Waals surface area contributed by atoms with Crippen LogP contribution in [0.3, 0.4) is 0 Å². The molecule has 2 aliphatic carbocycles. The van der Waals surface area contributed by atoms with E-state index in [1.165, 1.54) is 14.2 Å². The highest BCUT2D eigenvalue weighted by Crippen LogP contribution is 2.46. The van der Waals surface area contributed by atoms with Crippen LogP contribution in [-0.4, -0.2) is 90.2 Å². The Labute approximate surface area is 298 Å². The molecular weight excluding hydrogens is 689 g/mol. The topological polar surface area (TPSA) is 128 Å². The number of carbonyl (C=O) groups is 4. The molecule has 3 fully saturated rings. The Balaban J connectivity index is 1.31. The van der Waals surface area contributed by atoms with Gasteiger partial charge in [0.15, 0.2) is 10.6 Å². The van der Waals surface area contributed by atoms with Gasteiger partial charge in [-0.25, -0.2) is 9.59 Å². The maximum atomic E-state index is 14.0. The van der Waals surface area contributed by atoms with E-state index in [0.717, 1.165) is 12.8 Å². The number of dihydropyridines is 1. The summed E-state index contributed by atoms with van der Waals surface area (Å²) in [5.41, 5.74) is 0.681. The molecule has 2 saturated carbocycles. The molecule has 2 unspecified atom stereocenters. The SMILES string of the molecule is COC(=O)C1=C(CC(=O)N2CCN(C3CC4CC(=O)CC4C3)CC2)NC(C[S@+]([O-])c2ccccc2)=C(C(=O)OC)[C@H]1c1c(Cl)cccc1Cl. The summed E-state index contributed by atoms with van der Waals surface area (Å²) in [6, 6.07) is 14.0. The van der Waals surface area contributed by atoms with Gasteiger partial charge in [0, 0.05) is 66.4 Å². The Morgan fingerprint density at radius 2 is 1.43 bits per heavy atom. The van der Waals surface area contributed by atoms with Crippen LogP contribution in [0.15, 0.2) is 76.0 Å². The van der Waals surface area contributed by atoms with E-state index in [1.54, 1.807) is 47.4 Å². The van der Waals surface area contributed by atoms with E-state index in [4.69, 9.17) is 32.7 Å². The lowest BCUT2D eigenvalue weighted by molar-refractivity contribution is -0.137. The first-order valence-corrected chi connectivity index (χ1v) is 18.5. The molecule has 0 bridgehead atoms. The average molecular weight is 729 g/mol. The van der Waals surface area contributed by atoms with Gasteiger partial charge in [0.05, 0.1) is 43.4 Å². The summed E-state index contributed by atoms with van der Waals surface area (Å²) in [5.74, 6) is -1.77. The van der Waals surface area contributed by atoms with Crippen molar-refractivity contribution < 1.29 is 33.2 Å². The lowest BCUT2D eigenvalue weighted by Gasteiger charge is -2.39. The Morgan fingerprint density at radius 3 is 2.00 bits per heavy atom. The quantitative estimate of drug-likeness (QED) is 0.291. The van der Waals surface area contributed by atoms with Crippen molar-refractivity contribution in [3.05, 3.63) is 86.7 Å². The summed E-state index contributed by atoms with van der Waals surface area (Å²) >= 11 is 11.8. The van der Waals surface area contributed by atoms with Crippen molar-refractivity contribution in [1.29, 1.82) is 0 Å². The second-order valence-electron chi connectivity index (χ2n) is 12.9. The highest BCUT2D eigenvalue weighted by atomic mass is 35.5. The minimum Gasteiger partial charge on any atom is -0.611 e. The number of methoxy groups -OCH3 is 2. The Hall–Kier alpha value is -3.35. The lowest BCUT2D eigenvalue weighted by atomic mass is 9.79. The summed E-state index contributed by atoms with van der Waals surface area (Å²) in [6.07, 6.45) is 3.22. The molecule has 1 N–H and O–H groups in total. The van der Waals surface area contributed by atoms with E-state index in [2.05, 4.69) is 10.2 Å². The number of nitrogens with zero attached hydrogens (tertiary/aromatic N) is 2. The fourth-order valence-electron chi connectivity index (χ4n) is 7.87. The van der Waals surface area contributed by atoms with Gasteiger partial charge in [-0.3, -0.25) is 14.5 Å². The minimum absolute atomic E-state index is 0.00461. The molecule has 0 spiro atoms. The van der Waals surface area contributed by atoms with Gasteiger partial charge in [-0.05, 0) is 60.1 Å². The van der Waals surface area contributed by atoms with Gasteiger partial charge in [-0.2, -0.15) is 0 Å². The molecule has 2 heterocycles. The Bertz CT molecular complexity index is 1660. The van der Waals surface area contributed by atoms with Crippen LogP contribution in [0, 0.1) is 11.8 Å². The van der Waals surface area contributed by atoms with Gasteiger partial charge in [0.25, 0.3) is 0 Å². The number of fused-ring (bicyclic) bond motifs is 1. The van der Waals surface area contributed by atoms with Crippen molar-refractivity contribution >= 4 is 58.0 Å². The summed E-state index contributed by atoms with van der Waals surface area (Å²) in [6.45, 7) is 2.45. The second-order valence-corrected chi connectivity index (χ2v) is 15.2. The van der Waals surface area contributed by atoms with Crippen LogP contribution in [0.5, 0.6) is 0 Å². The molecular formula is C36H39Cl2N3O7S. The van der Waals surface area contributed by atoms with Gasteiger partial charge in [0.2, 0.25) is 5.91 Å². The maximum Gasteiger partial charge on any atom is 0.336 e. The smallest absolute Gasteiger partial charge is 0.336 e. The van der Waals surface area contributed by atoms with Gasteiger partial charge in [-0.15, -0.1) is 0 Å². The molecule has 6 rings (SSSR count). The van der Waals surface area contributed by atoms with E-state index >= 15 is 0 Å². The minimum atomic E-state index is -1.62. The number of nitrogens with one attached hydrogen (secondary N) is 1. The molecule has 4 aliphatic rings. The summed E-state index contributed by atoms with van der Waals surface area (Å²) < 4.78 is 24.1. The van der Waals surface area contributed by atoms with Gasteiger partial charge < -0.3 is 24.2 Å². The zero-order valence-electron chi connectivity index (χ0n) is 27.4. The first kappa shape index (κ1) is 35.5. The van der Waals surface area contributed by atoms with E-state index in [1.807, 2.05) is 6.07 Å². The molecule has 13 heteroatoms. The van der Waals surface area contributed by atoms with E-state index < -0.39 is 29.0 Å². The number of hydrogen-bond acceptors (Lipinski definition) is 9. The molecule has 49 heavy (non-hydrogen) atoms. The average Bonchev–Trinajstić information content (AvgIpc) is 3.65. The number of ketones is 1. The second kappa shape index (κ2) is 15.3. The first-order valence-electron chi connectivity index (χ1n) is 16.4. The van der Waals surface area contributed by atoms with Gasteiger partial charge in [-0.1, -0.05) is 47.5 Å². The predicted molar refractivity (Wildman–Crippen MR) is 185 cm³/mol. The zero-order valence-corrected chi connectivity index (χ0v) is 29.7. The van der Waals surface area contributed by atoms with Crippen LogP contribution < -0.4 is 5.32 Å². The fourth-order valence-corrected chi connectivity index (χ4v) is 9.61. The number of amides is 1. The molecule has 1 amide bonds. The number of hydrogen-bond donors (Lipinski definition) is 1. The molecule has 2 aliphatic heterocycles. The van der Waals surface area contributed by atoms with Crippen LogP contribution >= 0.6 is 23.2 Å². The van der Waals surface area contributed by atoms with Gasteiger partial charge >= 0.3 is 11.9 Å². The maximum absolute atomic E-state index is 14.0. The number of piperazine rings is 1. The molecule has 2 aromatic rings. The zero-order chi connectivity index (χ0) is 34.8. The van der Waals surface area contributed by atoms with Crippen molar-refractivity contribution in [3.63, 3.8) is 0 Å². The summed E-state index contributed by atoms with van der Waals surface area (Å²) in [5, 5.41) is 3.54. The molecule has 2 aromatic carbocycles. The predicted octanol–water partition coefficient (Wildman–Crippen LogP) is 4.63. The summed E-state index contributed by atoms with van der Waals surface area (Å²) in [4.78, 5) is 57.8. The number of carbonyl (C=O) groups excluding carboxylic acids is 4. The van der Waals surface area contributed by atoms with Crippen LogP contribution in [0.1, 0.15) is 43.6 Å². The molecule has 10 nitrogen and oxygen atoms in total. The number of Topliss-reactive ketones (excluding diaryl/α,β-unsaturated/α-hetero) is 1. The number of ether oxygens (including phenoxy) is 2. The number of halogens is 2. The third kappa shape index (κ3) is 7.42. The Morgan fingerprint density at radius 1 is 0.857 bits per heavy atom. The largest absolute Gasteiger partial charge is 0.611 e. The molecule has 260 valence electrons. The molecule has 4 atom stereocenters. The van der Waals surface area contributed by atoms with Gasteiger partial charge in [0.1, 0.15) is 5.78 Å². The molecule has 0 aromatic heterocycles. The normalized spacial score (nSPS) is 24.8. The highest BCUT2D eigenvalue weighted by molar-refractivity contribution is 7.91. The van der Waals surface area contributed by atoms with Crippen molar-refractivity contribution in [2.45, 2.75) is 49.0 Å². The van der Waals surface area contributed by atoms with E-state index in [9.17, 15) is 23.7 Å². The first-order chi connectivity index (χ1) is 23.6. The van der Waals surface area contributed by atoms with Crippen LogP contribution in [0.2, 0.25) is 10.0 Å². The van der Waals surface area contributed by atoms with Crippen molar-refractivity contribution in [1.82, 2.24) is 15.1 Å².